The molecule has 0 bridgehead atoms. The predicted octanol–water partition coefficient (Wildman–Crippen LogP) is 5.21. The molecule has 7 rings (SSSR count). The maximum atomic E-state index is 15.1. The summed E-state index contributed by atoms with van der Waals surface area (Å²) in [4.78, 5) is 24.6. The Balaban J connectivity index is 1.22. The average molecular weight is 724 g/mol. The van der Waals surface area contributed by atoms with E-state index in [0.29, 0.717) is 51.8 Å². The van der Waals surface area contributed by atoms with Crippen LogP contribution in [-0.4, -0.2) is 92.8 Å². The third-order valence-corrected chi connectivity index (χ3v) is 10.8. The molecule has 0 aliphatic carbocycles. The van der Waals surface area contributed by atoms with Crippen LogP contribution in [0.5, 0.6) is 0 Å². The van der Waals surface area contributed by atoms with Gasteiger partial charge < -0.3 is 24.8 Å². The van der Waals surface area contributed by atoms with E-state index in [4.69, 9.17) is 14.7 Å². The van der Waals surface area contributed by atoms with Gasteiger partial charge in [-0.05, 0) is 55.6 Å². The van der Waals surface area contributed by atoms with Crippen LogP contribution in [0.4, 0.5) is 41.4 Å². The standard InChI is InChI=1S/C33H32F3N9O3S2/c1-43-11-13-45(14-12-43)33-41-29(21-5-7-23(34)27(19-21)42-50(46,47)31-24(35)3-2-4-25(31)36)30(49-33)26-9-10-37-32(40-26)39-22-6-8-28(38-20-22)44-15-17-48-18-16-44/h2-10,19-20,42H,11-18H2,1H3,(H,37,39,40). The van der Waals surface area contributed by atoms with Gasteiger partial charge in [-0.15, -0.1) is 0 Å². The fourth-order valence-electron chi connectivity index (χ4n) is 5.61. The lowest BCUT2D eigenvalue weighted by molar-refractivity contribution is 0.122. The van der Waals surface area contributed by atoms with E-state index in [9.17, 15) is 17.2 Å². The number of nitrogens with zero attached hydrogens (tertiary/aromatic N) is 7. The summed E-state index contributed by atoms with van der Waals surface area (Å²) in [6.45, 7) is 5.97. The molecule has 2 aliphatic heterocycles. The maximum Gasteiger partial charge on any atom is 0.267 e. The van der Waals surface area contributed by atoms with Crippen molar-refractivity contribution in [1.29, 1.82) is 0 Å². The minimum Gasteiger partial charge on any atom is -0.378 e. The number of likely N-dealkylation sites (N-methyl/N-ethyl adjacent to an activating group) is 1. The number of halogens is 3. The van der Waals surface area contributed by atoms with Gasteiger partial charge in [0.2, 0.25) is 5.95 Å². The molecule has 2 aromatic carbocycles. The minimum atomic E-state index is -4.83. The molecule has 0 atom stereocenters. The fourth-order valence-corrected chi connectivity index (χ4v) is 7.92. The second-order valence-corrected chi connectivity index (χ2v) is 14.3. The van der Waals surface area contributed by atoms with Crippen LogP contribution in [0.15, 0.2) is 71.9 Å². The van der Waals surface area contributed by atoms with Gasteiger partial charge in [0.25, 0.3) is 10.0 Å². The molecule has 0 unspecified atom stereocenters. The number of ether oxygens (including phenoxy) is 1. The van der Waals surface area contributed by atoms with E-state index in [1.54, 1.807) is 18.5 Å². The molecule has 0 amide bonds. The van der Waals surface area contributed by atoms with Gasteiger partial charge in [-0.1, -0.05) is 17.4 Å². The first-order valence-electron chi connectivity index (χ1n) is 15.7. The van der Waals surface area contributed by atoms with Crippen molar-refractivity contribution < 1.29 is 26.3 Å². The van der Waals surface area contributed by atoms with E-state index in [1.807, 2.05) is 23.9 Å². The van der Waals surface area contributed by atoms with Gasteiger partial charge in [0, 0.05) is 51.0 Å². The number of hydrogen-bond acceptors (Lipinski definition) is 12. The van der Waals surface area contributed by atoms with Crippen LogP contribution in [0.3, 0.4) is 0 Å². The number of sulfonamides is 1. The Morgan fingerprint density at radius 1 is 0.840 bits per heavy atom. The zero-order valence-corrected chi connectivity index (χ0v) is 28.4. The van der Waals surface area contributed by atoms with Crippen molar-refractivity contribution in [2.24, 2.45) is 0 Å². The molecule has 12 nitrogen and oxygen atoms in total. The molecule has 0 spiro atoms. The Labute approximate surface area is 290 Å². The number of anilines is 5. The van der Waals surface area contributed by atoms with Crippen LogP contribution in [0, 0.1) is 17.5 Å². The summed E-state index contributed by atoms with van der Waals surface area (Å²) in [6.07, 6.45) is 3.31. The lowest BCUT2D eigenvalue weighted by Crippen LogP contribution is -2.44. The Bertz CT molecular complexity index is 2090. The summed E-state index contributed by atoms with van der Waals surface area (Å²) >= 11 is 1.39. The van der Waals surface area contributed by atoms with E-state index < -0.39 is 38.1 Å². The largest absolute Gasteiger partial charge is 0.378 e. The number of pyridine rings is 1. The maximum absolute atomic E-state index is 15.1. The van der Waals surface area contributed by atoms with Crippen molar-refractivity contribution in [3.05, 3.63) is 84.4 Å². The molecular weight excluding hydrogens is 692 g/mol. The third-order valence-electron chi connectivity index (χ3n) is 8.29. The van der Waals surface area contributed by atoms with Crippen molar-refractivity contribution in [1.82, 2.24) is 24.8 Å². The van der Waals surface area contributed by atoms with Gasteiger partial charge in [0.1, 0.15) is 23.3 Å². The van der Waals surface area contributed by atoms with Crippen molar-refractivity contribution in [3.63, 3.8) is 0 Å². The SMILES string of the molecule is CN1CCN(c2nc(-c3ccc(F)c(NS(=O)(=O)c4c(F)cccc4F)c3)c(-c3ccnc(Nc4ccc(N5CCOCC5)nc4)n3)s2)CC1. The number of morpholine rings is 1. The first-order chi connectivity index (χ1) is 24.1. The number of hydrogen-bond donors (Lipinski definition) is 2. The molecule has 5 heterocycles. The van der Waals surface area contributed by atoms with Gasteiger partial charge in [-0.2, -0.15) is 0 Å². The highest BCUT2D eigenvalue weighted by atomic mass is 32.2. The van der Waals surface area contributed by atoms with E-state index in [-0.39, 0.29) is 0 Å². The molecule has 2 saturated heterocycles. The molecule has 260 valence electrons. The minimum absolute atomic E-state index is 0.309. The zero-order chi connectivity index (χ0) is 34.8. The van der Waals surface area contributed by atoms with Crippen molar-refractivity contribution in [2.45, 2.75) is 4.90 Å². The number of nitrogens with one attached hydrogen (secondary N) is 2. The normalized spacial score (nSPS) is 15.7. The predicted molar refractivity (Wildman–Crippen MR) is 186 cm³/mol. The second-order valence-electron chi connectivity index (χ2n) is 11.7. The molecule has 50 heavy (non-hydrogen) atoms. The van der Waals surface area contributed by atoms with Gasteiger partial charge >= 0.3 is 0 Å². The quantitative estimate of drug-likeness (QED) is 0.208. The number of rotatable bonds is 9. The first kappa shape index (κ1) is 33.6. The highest BCUT2D eigenvalue weighted by molar-refractivity contribution is 7.92. The Hall–Kier alpha value is -4.84. The molecule has 17 heteroatoms. The van der Waals surface area contributed by atoms with E-state index in [2.05, 4.69) is 30.0 Å². The third kappa shape index (κ3) is 7.21. The molecule has 2 fully saturated rings. The van der Waals surface area contributed by atoms with Crippen LogP contribution in [0.25, 0.3) is 21.8 Å². The van der Waals surface area contributed by atoms with Crippen molar-refractivity contribution >= 4 is 49.6 Å². The molecule has 2 N–H and O–H groups in total. The number of piperazine rings is 1. The Kier molecular flexibility index (Phi) is 9.54. The van der Waals surface area contributed by atoms with Crippen LogP contribution in [0.1, 0.15) is 0 Å². The summed E-state index contributed by atoms with van der Waals surface area (Å²) in [5.74, 6) is -2.39. The van der Waals surface area contributed by atoms with E-state index in [0.717, 1.165) is 69.4 Å². The molecule has 2 aliphatic rings. The molecule has 5 aromatic rings. The van der Waals surface area contributed by atoms with Crippen LogP contribution in [-0.2, 0) is 14.8 Å². The fraction of sp³-hybridized carbons (Fsp3) is 0.273. The van der Waals surface area contributed by atoms with Crippen molar-refractivity contribution in [3.8, 4) is 21.8 Å². The van der Waals surface area contributed by atoms with E-state index >= 15 is 4.39 Å². The van der Waals surface area contributed by atoms with E-state index in [1.165, 1.54) is 23.5 Å². The van der Waals surface area contributed by atoms with Crippen molar-refractivity contribution in [2.75, 3.05) is 79.4 Å². The lowest BCUT2D eigenvalue weighted by Gasteiger charge is -2.32. The Morgan fingerprint density at radius 2 is 1.60 bits per heavy atom. The summed E-state index contributed by atoms with van der Waals surface area (Å²) in [5.41, 5.74) is 1.49. The highest BCUT2D eigenvalue weighted by Gasteiger charge is 2.27. The molecule has 0 radical (unpaired) electrons. The summed E-state index contributed by atoms with van der Waals surface area (Å²) in [7, 11) is -2.79. The Morgan fingerprint density at radius 3 is 2.32 bits per heavy atom. The highest BCUT2D eigenvalue weighted by Crippen LogP contribution is 2.41. The monoisotopic (exact) mass is 723 g/mol. The van der Waals surface area contributed by atoms with Crippen LogP contribution >= 0.6 is 11.3 Å². The van der Waals surface area contributed by atoms with Gasteiger partial charge in [0.05, 0.1) is 47.1 Å². The van der Waals surface area contributed by atoms with Crippen LogP contribution in [0.2, 0.25) is 0 Å². The van der Waals surface area contributed by atoms with Gasteiger partial charge in [0.15, 0.2) is 10.0 Å². The first-order valence-corrected chi connectivity index (χ1v) is 18.0. The topological polar surface area (TPSA) is 129 Å². The number of benzene rings is 2. The zero-order valence-electron chi connectivity index (χ0n) is 26.8. The van der Waals surface area contributed by atoms with Gasteiger partial charge in [-0.3, -0.25) is 4.72 Å². The molecule has 0 saturated carbocycles. The molecule has 3 aromatic heterocycles. The lowest BCUT2D eigenvalue weighted by atomic mass is 10.1. The smallest absolute Gasteiger partial charge is 0.267 e. The number of thiazole rings is 1. The van der Waals surface area contributed by atoms with Gasteiger partial charge in [-0.25, -0.2) is 41.5 Å². The summed E-state index contributed by atoms with van der Waals surface area (Å²) in [5, 5.41) is 3.91. The summed E-state index contributed by atoms with van der Waals surface area (Å²) < 4.78 is 77.4. The second kappa shape index (κ2) is 14.2. The van der Waals surface area contributed by atoms with Crippen LogP contribution < -0.4 is 19.8 Å². The average Bonchev–Trinajstić information content (AvgIpc) is 3.56. The number of aromatic nitrogens is 4. The molecular formula is C33H32F3N9O3S2. The summed E-state index contributed by atoms with van der Waals surface area (Å²) in [6, 6.07) is 12.0.